The number of hydrogen-bond donors (Lipinski definition) is 2. The Morgan fingerprint density at radius 3 is 2.84 bits per heavy atom. The van der Waals surface area contributed by atoms with Crippen molar-refractivity contribution >= 4 is 11.9 Å². The van der Waals surface area contributed by atoms with Crippen LogP contribution in [0.5, 0.6) is 0 Å². The summed E-state index contributed by atoms with van der Waals surface area (Å²) >= 11 is 0. The highest BCUT2D eigenvalue weighted by Crippen LogP contribution is 2.21. The van der Waals surface area contributed by atoms with Gasteiger partial charge >= 0.3 is 5.97 Å². The van der Waals surface area contributed by atoms with Gasteiger partial charge in [-0.1, -0.05) is 12.1 Å². The Bertz CT molecular complexity index is 572. The van der Waals surface area contributed by atoms with Crippen LogP contribution in [0.4, 0.5) is 4.39 Å². The summed E-state index contributed by atoms with van der Waals surface area (Å²) in [5.74, 6) is 0.290. The molecule has 1 aromatic carbocycles. The number of aliphatic imine (C=N–C) groups is 1. The van der Waals surface area contributed by atoms with Crippen LogP contribution in [0, 0.1) is 5.82 Å². The van der Waals surface area contributed by atoms with Gasteiger partial charge in [-0.25, -0.2) is 9.38 Å². The standard InChI is InChI=1S/C19H28FN3O2/c1-2-21-19(23-14-15-7-5-8-16(20)13-15)22-12-6-11-18(24)25-17-9-3-4-10-17/h5,7-8,13,17H,2-4,6,9-12,14H2,1H3,(H2,21,22,23). The van der Waals surface area contributed by atoms with E-state index in [0.29, 0.717) is 31.9 Å². The van der Waals surface area contributed by atoms with Crippen LogP contribution in [-0.4, -0.2) is 31.1 Å². The average molecular weight is 349 g/mol. The molecule has 0 amide bonds. The molecular weight excluding hydrogens is 321 g/mol. The molecule has 0 saturated heterocycles. The summed E-state index contributed by atoms with van der Waals surface area (Å²) in [6.45, 7) is 3.75. The topological polar surface area (TPSA) is 62.7 Å². The van der Waals surface area contributed by atoms with E-state index in [1.807, 2.05) is 13.0 Å². The predicted octanol–water partition coefficient (Wildman–Crippen LogP) is 3.15. The number of ether oxygens (including phenoxy) is 1. The Kier molecular flexibility index (Phi) is 8.22. The zero-order chi connectivity index (χ0) is 17.9. The van der Waals surface area contributed by atoms with Gasteiger partial charge in [0.1, 0.15) is 11.9 Å². The summed E-state index contributed by atoms with van der Waals surface area (Å²) in [6, 6.07) is 6.42. The van der Waals surface area contributed by atoms with Gasteiger partial charge in [0, 0.05) is 19.5 Å². The number of carbonyl (C=O) groups is 1. The van der Waals surface area contributed by atoms with Crippen molar-refractivity contribution in [3.63, 3.8) is 0 Å². The molecule has 0 heterocycles. The van der Waals surface area contributed by atoms with Crippen LogP contribution < -0.4 is 10.6 Å². The molecule has 0 unspecified atom stereocenters. The molecule has 2 rings (SSSR count). The zero-order valence-corrected chi connectivity index (χ0v) is 14.9. The van der Waals surface area contributed by atoms with Crippen molar-refractivity contribution in [2.24, 2.45) is 4.99 Å². The Balaban J connectivity index is 1.69. The SMILES string of the molecule is CCNC(=NCc1cccc(F)c1)NCCCC(=O)OC1CCCC1. The molecule has 5 nitrogen and oxygen atoms in total. The molecule has 1 saturated carbocycles. The molecule has 0 radical (unpaired) electrons. The van der Waals surface area contributed by atoms with Gasteiger partial charge in [-0.15, -0.1) is 0 Å². The smallest absolute Gasteiger partial charge is 0.306 e. The first-order chi connectivity index (χ1) is 12.2. The van der Waals surface area contributed by atoms with Gasteiger partial charge in [0.2, 0.25) is 0 Å². The van der Waals surface area contributed by atoms with Crippen molar-refractivity contribution in [3.8, 4) is 0 Å². The minimum absolute atomic E-state index is 0.115. The van der Waals surface area contributed by atoms with Gasteiger partial charge in [0.25, 0.3) is 0 Å². The highest BCUT2D eigenvalue weighted by Gasteiger charge is 2.18. The van der Waals surface area contributed by atoms with E-state index in [-0.39, 0.29) is 17.9 Å². The second kappa shape index (κ2) is 10.7. The Hall–Kier alpha value is -2.11. The number of nitrogens with zero attached hydrogens (tertiary/aromatic N) is 1. The lowest BCUT2D eigenvalue weighted by Gasteiger charge is -2.13. The van der Waals surface area contributed by atoms with Crippen LogP contribution in [0.3, 0.4) is 0 Å². The third-order valence-electron chi connectivity index (χ3n) is 4.10. The van der Waals surface area contributed by atoms with Gasteiger partial charge < -0.3 is 15.4 Å². The van der Waals surface area contributed by atoms with E-state index in [4.69, 9.17) is 4.74 Å². The van der Waals surface area contributed by atoms with Crippen molar-refractivity contribution in [3.05, 3.63) is 35.6 Å². The van der Waals surface area contributed by atoms with Crippen molar-refractivity contribution in [1.29, 1.82) is 0 Å². The maximum atomic E-state index is 13.2. The number of hydrogen-bond acceptors (Lipinski definition) is 3. The predicted molar refractivity (Wildman–Crippen MR) is 96.8 cm³/mol. The van der Waals surface area contributed by atoms with Gasteiger partial charge in [-0.3, -0.25) is 4.79 Å². The van der Waals surface area contributed by atoms with Crippen LogP contribution >= 0.6 is 0 Å². The van der Waals surface area contributed by atoms with Crippen molar-refractivity contribution in [2.75, 3.05) is 13.1 Å². The van der Waals surface area contributed by atoms with E-state index < -0.39 is 0 Å². The van der Waals surface area contributed by atoms with Crippen LogP contribution in [0.2, 0.25) is 0 Å². The van der Waals surface area contributed by atoms with Crippen LogP contribution in [-0.2, 0) is 16.1 Å². The van der Waals surface area contributed by atoms with Gasteiger partial charge in [0.15, 0.2) is 5.96 Å². The minimum Gasteiger partial charge on any atom is -0.462 e. The first-order valence-corrected chi connectivity index (χ1v) is 9.13. The van der Waals surface area contributed by atoms with Crippen LogP contribution in [0.1, 0.15) is 51.0 Å². The van der Waals surface area contributed by atoms with Crippen LogP contribution in [0.15, 0.2) is 29.3 Å². The summed E-state index contributed by atoms with van der Waals surface area (Å²) < 4.78 is 18.6. The van der Waals surface area contributed by atoms with Gasteiger partial charge in [0.05, 0.1) is 6.54 Å². The number of nitrogens with one attached hydrogen (secondary N) is 2. The molecule has 138 valence electrons. The fourth-order valence-corrected chi connectivity index (χ4v) is 2.84. The Morgan fingerprint density at radius 1 is 1.32 bits per heavy atom. The molecule has 0 aliphatic heterocycles. The number of halogens is 1. The fourth-order valence-electron chi connectivity index (χ4n) is 2.84. The van der Waals surface area contributed by atoms with Gasteiger partial charge in [-0.2, -0.15) is 0 Å². The third-order valence-corrected chi connectivity index (χ3v) is 4.10. The molecule has 25 heavy (non-hydrogen) atoms. The second-order valence-corrected chi connectivity index (χ2v) is 6.25. The van der Waals surface area contributed by atoms with Crippen LogP contribution in [0.25, 0.3) is 0 Å². The number of guanidine groups is 1. The Morgan fingerprint density at radius 2 is 2.12 bits per heavy atom. The molecule has 1 aliphatic carbocycles. The van der Waals surface area contributed by atoms with Crippen molar-refractivity contribution < 1.29 is 13.9 Å². The number of benzene rings is 1. The number of rotatable bonds is 8. The third kappa shape index (κ3) is 7.54. The molecular formula is C19H28FN3O2. The summed E-state index contributed by atoms with van der Waals surface area (Å²) in [6.07, 6.45) is 5.55. The number of carbonyl (C=O) groups excluding carboxylic acids is 1. The Labute approximate surface area is 149 Å². The molecule has 0 bridgehead atoms. The summed E-state index contributed by atoms with van der Waals surface area (Å²) in [5.41, 5.74) is 0.817. The highest BCUT2D eigenvalue weighted by atomic mass is 19.1. The maximum absolute atomic E-state index is 13.2. The average Bonchev–Trinajstić information content (AvgIpc) is 3.09. The summed E-state index contributed by atoms with van der Waals surface area (Å²) in [4.78, 5) is 16.2. The van der Waals surface area contributed by atoms with E-state index in [2.05, 4.69) is 15.6 Å². The zero-order valence-electron chi connectivity index (χ0n) is 14.9. The van der Waals surface area contributed by atoms with E-state index >= 15 is 0 Å². The molecule has 1 fully saturated rings. The first kappa shape index (κ1) is 19.2. The van der Waals surface area contributed by atoms with E-state index in [1.54, 1.807) is 6.07 Å². The van der Waals surface area contributed by atoms with Crippen molar-refractivity contribution in [2.45, 2.75) is 58.1 Å². The fraction of sp³-hybridized carbons (Fsp3) is 0.579. The van der Waals surface area contributed by atoms with E-state index in [9.17, 15) is 9.18 Å². The van der Waals surface area contributed by atoms with Crippen molar-refractivity contribution in [1.82, 2.24) is 10.6 Å². The lowest BCUT2D eigenvalue weighted by atomic mass is 10.2. The molecule has 0 atom stereocenters. The highest BCUT2D eigenvalue weighted by molar-refractivity contribution is 5.79. The molecule has 0 aromatic heterocycles. The molecule has 0 spiro atoms. The molecule has 1 aliphatic rings. The first-order valence-electron chi connectivity index (χ1n) is 9.13. The lowest BCUT2D eigenvalue weighted by Crippen LogP contribution is -2.37. The largest absolute Gasteiger partial charge is 0.462 e. The second-order valence-electron chi connectivity index (χ2n) is 6.25. The molecule has 6 heteroatoms. The van der Waals surface area contributed by atoms with Gasteiger partial charge in [-0.05, 0) is 56.7 Å². The summed E-state index contributed by atoms with van der Waals surface area (Å²) in [7, 11) is 0. The monoisotopic (exact) mass is 349 g/mol. The van der Waals surface area contributed by atoms with E-state index in [1.165, 1.54) is 12.1 Å². The molecule has 2 N–H and O–H groups in total. The quantitative estimate of drug-likeness (QED) is 0.328. The number of esters is 1. The summed E-state index contributed by atoms with van der Waals surface area (Å²) in [5, 5.41) is 6.34. The van der Waals surface area contributed by atoms with E-state index in [0.717, 1.165) is 37.8 Å². The maximum Gasteiger partial charge on any atom is 0.306 e. The lowest BCUT2D eigenvalue weighted by molar-refractivity contribution is -0.148. The minimum atomic E-state index is -0.258. The normalized spacial score (nSPS) is 15.2. The molecule has 1 aromatic rings.